The van der Waals surface area contributed by atoms with Gasteiger partial charge in [0.05, 0.1) is 0 Å². The zero-order chi connectivity index (χ0) is 9.35. The van der Waals surface area contributed by atoms with Gasteiger partial charge in [0.2, 0.25) is 5.95 Å². The number of aromatic nitrogens is 3. The lowest BCUT2D eigenvalue weighted by Crippen LogP contribution is -2.23. The topological polar surface area (TPSA) is 84.7 Å². The summed E-state index contributed by atoms with van der Waals surface area (Å²) in [7, 11) is 0. The van der Waals surface area contributed by atoms with E-state index < -0.39 is 23.4 Å². The van der Waals surface area contributed by atoms with Crippen molar-refractivity contribution >= 4 is 5.95 Å². The second-order valence-corrected chi connectivity index (χ2v) is 2.25. The predicted molar refractivity (Wildman–Crippen MR) is 36.6 cm³/mol. The van der Waals surface area contributed by atoms with Crippen LogP contribution in [0.4, 0.5) is 14.7 Å². The van der Waals surface area contributed by atoms with Crippen LogP contribution < -0.4 is 11.4 Å². The molecule has 0 aliphatic carbocycles. The first kappa shape index (κ1) is 8.57. The summed E-state index contributed by atoms with van der Waals surface area (Å²) in [5.74, 6) is -4.45. The van der Waals surface area contributed by atoms with Gasteiger partial charge in [-0.05, 0) is 0 Å². The number of anilines is 1. The van der Waals surface area contributed by atoms with Crippen LogP contribution in [0.15, 0.2) is 4.79 Å². The van der Waals surface area contributed by atoms with Gasteiger partial charge in [-0.15, -0.1) is 0 Å². The summed E-state index contributed by atoms with van der Waals surface area (Å²) in [4.78, 5) is 18.6. The number of nitrogens with two attached hydrogens (primary N) is 1. The van der Waals surface area contributed by atoms with Crippen molar-refractivity contribution in [3.8, 4) is 0 Å². The Bertz CT molecular complexity index is 342. The molecule has 3 N–H and O–H groups in total. The Morgan fingerprint density at radius 3 is 2.50 bits per heavy atom. The third-order valence-corrected chi connectivity index (χ3v) is 1.08. The Balaban J connectivity index is 3.27. The second kappa shape index (κ2) is 2.50. The molecule has 0 radical (unpaired) electrons. The van der Waals surface area contributed by atoms with Crippen molar-refractivity contribution in [3.63, 3.8) is 0 Å². The Morgan fingerprint density at radius 2 is 2.08 bits per heavy atom. The molecule has 0 aromatic carbocycles. The first-order valence-corrected chi connectivity index (χ1v) is 3.02. The van der Waals surface area contributed by atoms with Crippen LogP contribution in [-0.4, -0.2) is 15.0 Å². The molecule has 0 fully saturated rings. The quantitative estimate of drug-likeness (QED) is 0.623. The van der Waals surface area contributed by atoms with E-state index in [2.05, 4.69) is 9.97 Å². The lowest BCUT2D eigenvalue weighted by atomic mass is 10.4. The highest BCUT2D eigenvalue weighted by Crippen LogP contribution is 2.21. The maximum absolute atomic E-state index is 12.5. The number of hydrogen-bond acceptors (Lipinski definition) is 4. The van der Waals surface area contributed by atoms with E-state index in [4.69, 9.17) is 5.73 Å². The van der Waals surface area contributed by atoms with Crippen molar-refractivity contribution in [1.29, 1.82) is 0 Å². The summed E-state index contributed by atoms with van der Waals surface area (Å²) >= 11 is 0. The molecule has 12 heavy (non-hydrogen) atoms. The fraction of sp³-hybridized carbons (Fsp3) is 0.400. The summed E-state index contributed by atoms with van der Waals surface area (Å²) < 4.78 is 25.0. The molecule has 0 atom stereocenters. The van der Waals surface area contributed by atoms with Gasteiger partial charge in [0.15, 0.2) is 5.82 Å². The first-order chi connectivity index (χ1) is 5.39. The van der Waals surface area contributed by atoms with Gasteiger partial charge in [0.1, 0.15) is 0 Å². The van der Waals surface area contributed by atoms with Crippen LogP contribution in [0.1, 0.15) is 12.7 Å². The molecule has 1 heterocycles. The zero-order valence-electron chi connectivity index (χ0n) is 6.14. The molecule has 0 bridgehead atoms. The third kappa shape index (κ3) is 1.74. The highest BCUT2D eigenvalue weighted by Gasteiger charge is 2.28. The van der Waals surface area contributed by atoms with Gasteiger partial charge in [-0.25, -0.2) is 4.79 Å². The lowest BCUT2D eigenvalue weighted by molar-refractivity contribution is 0.00732. The number of alkyl halides is 2. The number of nitrogen functional groups attached to an aromatic ring is 1. The highest BCUT2D eigenvalue weighted by atomic mass is 19.3. The maximum atomic E-state index is 12.5. The molecule has 0 spiro atoms. The number of hydrogen-bond donors (Lipinski definition) is 2. The van der Waals surface area contributed by atoms with E-state index in [1.165, 1.54) is 0 Å². The van der Waals surface area contributed by atoms with Crippen molar-refractivity contribution in [2.45, 2.75) is 12.8 Å². The second-order valence-electron chi connectivity index (χ2n) is 2.25. The molecule has 7 heteroatoms. The number of rotatable bonds is 1. The minimum absolute atomic E-state index is 0.463. The van der Waals surface area contributed by atoms with Crippen LogP contribution in [0.5, 0.6) is 0 Å². The zero-order valence-corrected chi connectivity index (χ0v) is 6.14. The van der Waals surface area contributed by atoms with Crippen LogP contribution in [0.3, 0.4) is 0 Å². The van der Waals surface area contributed by atoms with Crippen LogP contribution in [0, 0.1) is 0 Å². The van der Waals surface area contributed by atoms with Crippen molar-refractivity contribution in [3.05, 3.63) is 16.3 Å². The number of nitrogens with one attached hydrogen (secondary N) is 1. The van der Waals surface area contributed by atoms with E-state index in [0.29, 0.717) is 6.92 Å². The smallest absolute Gasteiger partial charge is 0.349 e. The highest BCUT2D eigenvalue weighted by molar-refractivity contribution is 5.14. The van der Waals surface area contributed by atoms with E-state index in [1.54, 1.807) is 4.98 Å². The fourth-order valence-corrected chi connectivity index (χ4v) is 0.609. The van der Waals surface area contributed by atoms with Crippen molar-refractivity contribution in [2.75, 3.05) is 5.73 Å². The van der Waals surface area contributed by atoms with Gasteiger partial charge in [-0.2, -0.15) is 18.7 Å². The summed E-state index contributed by atoms with van der Waals surface area (Å²) in [5.41, 5.74) is 4.05. The molecule has 66 valence electrons. The molecule has 5 nitrogen and oxygen atoms in total. The number of H-pyrrole nitrogens is 1. The molecule has 0 aliphatic rings. The number of halogens is 2. The largest absolute Gasteiger partial charge is 0.368 e. The van der Waals surface area contributed by atoms with Gasteiger partial charge in [0, 0.05) is 6.92 Å². The minimum atomic E-state index is -3.21. The Kier molecular flexibility index (Phi) is 1.79. The van der Waals surface area contributed by atoms with E-state index in [-0.39, 0.29) is 0 Å². The van der Waals surface area contributed by atoms with Gasteiger partial charge < -0.3 is 5.73 Å². The van der Waals surface area contributed by atoms with E-state index in [1.807, 2.05) is 0 Å². The molecule has 0 aliphatic heterocycles. The van der Waals surface area contributed by atoms with Crippen LogP contribution in [-0.2, 0) is 5.92 Å². The van der Waals surface area contributed by atoms with Gasteiger partial charge in [-0.1, -0.05) is 0 Å². The van der Waals surface area contributed by atoms with E-state index in [0.717, 1.165) is 0 Å². The van der Waals surface area contributed by atoms with Gasteiger partial charge in [-0.3, -0.25) is 4.98 Å². The summed E-state index contributed by atoms with van der Waals surface area (Å²) in [6.07, 6.45) is 0. The van der Waals surface area contributed by atoms with E-state index in [9.17, 15) is 13.6 Å². The van der Waals surface area contributed by atoms with Crippen molar-refractivity contribution in [1.82, 2.24) is 15.0 Å². The first-order valence-electron chi connectivity index (χ1n) is 3.02. The average molecular weight is 176 g/mol. The molecule has 1 aromatic rings. The number of aromatic amines is 1. The van der Waals surface area contributed by atoms with Gasteiger partial charge >= 0.3 is 11.6 Å². The number of nitrogens with zero attached hydrogens (tertiary/aromatic N) is 2. The molecule has 0 saturated heterocycles. The van der Waals surface area contributed by atoms with Crippen LogP contribution >= 0.6 is 0 Å². The average Bonchev–Trinajstić information content (AvgIpc) is 1.82. The SMILES string of the molecule is CC(F)(F)c1nc(N)nc(=O)[nH]1. The summed E-state index contributed by atoms with van der Waals surface area (Å²) in [6.45, 7) is 0.602. The maximum Gasteiger partial charge on any atom is 0.349 e. The van der Waals surface area contributed by atoms with Crippen molar-refractivity contribution in [2.24, 2.45) is 0 Å². The predicted octanol–water partition coefficient (Wildman–Crippen LogP) is -0.141. The summed E-state index contributed by atoms with van der Waals surface area (Å²) in [5, 5.41) is 0. The molecule has 0 amide bonds. The van der Waals surface area contributed by atoms with Crippen LogP contribution in [0.25, 0.3) is 0 Å². The molecule has 0 saturated carbocycles. The lowest BCUT2D eigenvalue weighted by Gasteiger charge is -2.07. The van der Waals surface area contributed by atoms with Crippen molar-refractivity contribution < 1.29 is 8.78 Å². The monoisotopic (exact) mass is 176 g/mol. The molecule has 0 unspecified atom stereocenters. The molecular formula is C5H6F2N4O. The Hall–Kier alpha value is -1.53. The fourth-order valence-electron chi connectivity index (χ4n) is 0.609. The Labute approximate surface area is 65.7 Å². The summed E-state index contributed by atoms with van der Waals surface area (Å²) in [6, 6.07) is 0. The third-order valence-electron chi connectivity index (χ3n) is 1.08. The molecular weight excluding hydrogens is 170 g/mol. The Morgan fingerprint density at radius 1 is 1.50 bits per heavy atom. The van der Waals surface area contributed by atoms with E-state index >= 15 is 0 Å². The van der Waals surface area contributed by atoms with Gasteiger partial charge in [0.25, 0.3) is 0 Å². The molecule has 1 aromatic heterocycles. The normalized spacial score (nSPS) is 11.6. The van der Waals surface area contributed by atoms with Crippen LogP contribution in [0.2, 0.25) is 0 Å². The molecule has 1 rings (SSSR count). The minimum Gasteiger partial charge on any atom is -0.368 e. The standard InChI is InChI=1S/C5H6F2N4O/c1-5(6,7)2-9-3(8)11-4(12)10-2/h1H3,(H3,8,9,10,11,12).